The summed E-state index contributed by atoms with van der Waals surface area (Å²) in [7, 11) is 0. The molecule has 0 radical (unpaired) electrons. The third kappa shape index (κ3) is 5.74. The Balaban J connectivity index is 1.48. The van der Waals surface area contributed by atoms with Crippen LogP contribution in [0.1, 0.15) is 84.0 Å². The minimum Gasteiger partial charge on any atom is -0.356 e. The van der Waals surface area contributed by atoms with Crippen molar-refractivity contribution in [1.82, 2.24) is 5.32 Å². The highest BCUT2D eigenvalue weighted by Gasteiger charge is 2.47. The molecule has 0 atom stereocenters. The Labute approximate surface area is 157 Å². The minimum absolute atomic E-state index is 0.0987. The first-order valence-corrected chi connectivity index (χ1v) is 11.5. The smallest absolute Gasteiger partial charge is 0.220 e. The molecule has 0 unspecified atom stereocenters. The van der Waals surface area contributed by atoms with Crippen molar-refractivity contribution in [3.8, 4) is 0 Å². The minimum atomic E-state index is 0.0987. The zero-order valence-corrected chi connectivity index (χ0v) is 16.7. The quantitative estimate of drug-likeness (QED) is 0.564. The van der Waals surface area contributed by atoms with Crippen LogP contribution in [-0.4, -0.2) is 23.3 Å². The summed E-state index contributed by atoms with van der Waals surface area (Å²) in [6.07, 6.45) is 15.9. The van der Waals surface area contributed by atoms with Crippen molar-refractivity contribution in [2.24, 2.45) is 23.2 Å². The van der Waals surface area contributed by atoms with Crippen LogP contribution in [0.3, 0.4) is 0 Å². The Hall–Kier alpha value is -0.510. The molecule has 0 aromatic heterocycles. The lowest BCUT2D eigenvalue weighted by Gasteiger charge is -2.44. The van der Waals surface area contributed by atoms with Crippen molar-refractivity contribution in [2.45, 2.75) is 84.0 Å². The summed E-state index contributed by atoms with van der Waals surface area (Å²) < 4.78 is 0. The maximum atomic E-state index is 12.0. The summed E-state index contributed by atoms with van der Waals surface area (Å²) in [5, 5.41) is 3.25. The first-order valence-electron chi connectivity index (χ1n) is 10.5. The van der Waals surface area contributed by atoms with Gasteiger partial charge in [0.2, 0.25) is 5.91 Å². The average Bonchev–Trinajstić information content (AvgIpc) is 3.30. The number of hydrogen-bond acceptors (Lipinski definition) is 3. The van der Waals surface area contributed by atoms with Gasteiger partial charge in [0.15, 0.2) is 5.12 Å². The molecule has 4 heteroatoms. The second-order valence-corrected chi connectivity index (χ2v) is 10.1. The molecule has 1 N–H and O–H groups in total. The maximum Gasteiger partial charge on any atom is 0.220 e. The summed E-state index contributed by atoms with van der Waals surface area (Å²) in [6.45, 7) is 2.40. The van der Waals surface area contributed by atoms with Crippen LogP contribution in [-0.2, 0) is 9.59 Å². The van der Waals surface area contributed by atoms with E-state index in [2.05, 4.69) is 5.32 Å². The number of carbonyl (C=O) groups excluding carboxylic acids is 2. The van der Waals surface area contributed by atoms with Gasteiger partial charge in [0, 0.05) is 25.6 Å². The van der Waals surface area contributed by atoms with Crippen LogP contribution in [0.2, 0.25) is 0 Å². The van der Waals surface area contributed by atoms with Crippen LogP contribution in [0.4, 0.5) is 0 Å². The molecule has 3 saturated carbocycles. The van der Waals surface area contributed by atoms with Gasteiger partial charge in [0.1, 0.15) is 0 Å². The van der Waals surface area contributed by atoms with Gasteiger partial charge in [-0.2, -0.15) is 0 Å². The Kier molecular flexibility index (Phi) is 6.87. The molecule has 3 nitrogen and oxygen atoms in total. The van der Waals surface area contributed by atoms with E-state index in [0.717, 1.165) is 24.3 Å². The molecule has 0 spiro atoms. The zero-order valence-electron chi connectivity index (χ0n) is 15.9. The highest BCUT2D eigenvalue weighted by molar-refractivity contribution is 8.13. The normalized spacial score (nSPS) is 21.5. The van der Waals surface area contributed by atoms with Crippen LogP contribution >= 0.6 is 11.8 Å². The van der Waals surface area contributed by atoms with Crippen molar-refractivity contribution in [1.29, 1.82) is 0 Å². The van der Waals surface area contributed by atoms with Gasteiger partial charge in [-0.1, -0.05) is 50.3 Å². The largest absolute Gasteiger partial charge is 0.356 e. The Bertz CT molecular complexity index is 451. The molecule has 1 amide bonds. The van der Waals surface area contributed by atoms with Gasteiger partial charge < -0.3 is 5.32 Å². The number of carbonyl (C=O) groups is 2. The first-order chi connectivity index (χ1) is 12.1. The van der Waals surface area contributed by atoms with Crippen LogP contribution in [0.15, 0.2) is 0 Å². The molecule has 142 valence electrons. The van der Waals surface area contributed by atoms with Crippen LogP contribution < -0.4 is 5.32 Å². The monoisotopic (exact) mass is 365 g/mol. The van der Waals surface area contributed by atoms with Crippen molar-refractivity contribution in [3.63, 3.8) is 0 Å². The third-order valence-corrected chi connectivity index (χ3v) is 7.68. The second kappa shape index (κ2) is 8.92. The van der Waals surface area contributed by atoms with E-state index in [1.165, 1.54) is 82.4 Å². The van der Waals surface area contributed by atoms with Crippen molar-refractivity contribution in [3.05, 3.63) is 0 Å². The predicted molar refractivity (Wildman–Crippen MR) is 104 cm³/mol. The standard InChI is InChI=1S/C21H35NO2S/c1-16(23)25-13-10-20(24)22-12-11-21(19-8-9-19,14-17-4-2-5-17)15-18-6-3-7-18/h17-19H,2-15H2,1H3,(H,22,24). The molecule has 0 aliphatic heterocycles. The van der Waals surface area contributed by atoms with Crippen molar-refractivity contribution < 1.29 is 9.59 Å². The van der Waals surface area contributed by atoms with Crippen molar-refractivity contribution >= 4 is 22.8 Å². The van der Waals surface area contributed by atoms with Gasteiger partial charge >= 0.3 is 0 Å². The van der Waals surface area contributed by atoms with Gasteiger partial charge in [-0.25, -0.2) is 0 Å². The summed E-state index contributed by atoms with van der Waals surface area (Å²) in [4.78, 5) is 23.0. The lowest BCUT2D eigenvalue weighted by atomic mass is 9.61. The molecule has 25 heavy (non-hydrogen) atoms. The van der Waals surface area contributed by atoms with E-state index in [1.54, 1.807) is 6.92 Å². The Morgan fingerprint density at radius 3 is 2.04 bits per heavy atom. The predicted octanol–water partition coefficient (Wildman–Crippen LogP) is 4.94. The van der Waals surface area contributed by atoms with E-state index in [4.69, 9.17) is 0 Å². The summed E-state index contributed by atoms with van der Waals surface area (Å²) >= 11 is 1.25. The number of amides is 1. The number of rotatable bonds is 11. The lowest BCUT2D eigenvalue weighted by Crippen LogP contribution is -2.37. The Morgan fingerprint density at radius 2 is 1.60 bits per heavy atom. The van der Waals surface area contributed by atoms with E-state index < -0.39 is 0 Å². The highest BCUT2D eigenvalue weighted by Crippen LogP contribution is 2.58. The molecule has 0 saturated heterocycles. The Morgan fingerprint density at radius 1 is 1.00 bits per heavy atom. The van der Waals surface area contributed by atoms with Gasteiger partial charge in [-0.05, 0) is 55.3 Å². The van der Waals surface area contributed by atoms with Gasteiger partial charge in [0.25, 0.3) is 0 Å². The molecule has 3 fully saturated rings. The molecule has 0 aromatic rings. The van der Waals surface area contributed by atoms with Gasteiger partial charge in [-0.15, -0.1) is 0 Å². The van der Waals surface area contributed by atoms with Crippen molar-refractivity contribution in [2.75, 3.05) is 12.3 Å². The molecule has 3 aliphatic carbocycles. The second-order valence-electron chi connectivity index (χ2n) is 8.83. The summed E-state index contributed by atoms with van der Waals surface area (Å²) in [5.41, 5.74) is 0.511. The van der Waals surface area contributed by atoms with E-state index in [9.17, 15) is 9.59 Å². The topological polar surface area (TPSA) is 46.2 Å². The number of thioether (sulfide) groups is 1. The summed E-state index contributed by atoms with van der Waals surface area (Å²) in [5.74, 6) is 3.58. The maximum absolute atomic E-state index is 12.0. The molecule has 3 aliphatic rings. The van der Waals surface area contributed by atoms with Crippen LogP contribution in [0, 0.1) is 23.2 Å². The van der Waals surface area contributed by atoms with Crippen LogP contribution in [0.5, 0.6) is 0 Å². The number of hydrogen-bond donors (Lipinski definition) is 1. The van der Waals surface area contributed by atoms with E-state index in [0.29, 0.717) is 17.6 Å². The number of nitrogens with one attached hydrogen (secondary N) is 1. The van der Waals surface area contributed by atoms with E-state index in [-0.39, 0.29) is 11.0 Å². The fourth-order valence-corrected chi connectivity index (χ4v) is 5.47. The molecular weight excluding hydrogens is 330 g/mol. The molecule has 0 heterocycles. The molecule has 0 aromatic carbocycles. The fraction of sp³-hybridized carbons (Fsp3) is 0.905. The SMILES string of the molecule is CC(=O)SCCC(=O)NCCC(CC1CCC1)(CC1CCC1)C1CC1. The summed E-state index contributed by atoms with van der Waals surface area (Å²) in [6, 6.07) is 0. The highest BCUT2D eigenvalue weighted by atomic mass is 32.2. The molecule has 3 rings (SSSR count). The fourth-order valence-electron chi connectivity index (χ4n) is 4.89. The van der Waals surface area contributed by atoms with E-state index >= 15 is 0 Å². The average molecular weight is 366 g/mol. The van der Waals surface area contributed by atoms with E-state index in [1.807, 2.05) is 0 Å². The van der Waals surface area contributed by atoms with Gasteiger partial charge in [0.05, 0.1) is 0 Å². The van der Waals surface area contributed by atoms with Crippen LogP contribution in [0.25, 0.3) is 0 Å². The zero-order chi connectivity index (χ0) is 17.7. The molecule has 0 bridgehead atoms. The molecular formula is C21H35NO2S. The third-order valence-electron chi connectivity index (χ3n) is 6.86. The van der Waals surface area contributed by atoms with Gasteiger partial charge in [-0.3, -0.25) is 9.59 Å². The first kappa shape index (κ1) is 19.3. The lowest BCUT2D eigenvalue weighted by molar-refractivity contribution is -0.120.